The summed E-state index contributed by atoms with van der Waals surface area (Å²) in [5.74, 6) is 0. The molecule has 0 bridgehead atoms. The summed E-state index contributed by atoms with van der Waals surface area (Å²) in [6, 6.07) is 9.62. The molecule has 0 aromatic heterocycles. The zero-order valence-electron chi connectivity index (χ0n) is 4.88. The van der Waals surface area contributed by atoms with Crippen molar-refractivity contribution in [1.82, 2.24) is 0 Å². The first-order valence-corrected chi connectivity index (χ1v) is 2.52. The molecule has 1 aromatic carbocycles. The van der Waals surface area contributed by atoms with E-state index in [1.54, 1.807) is 0 Å². The Morgan fingerprint density at radius 2 is 1.44 bits per heavy atom. The van der Waals surface area contributed by atoms with Crippen LogP contribution >= 0.6 is 0 Å². The fourth-order valence-electron chi connectivity index (χ4n) is 0.420. The minimum atomic E-state index is 0. The van der Waals surface area contributed by atoms with Gasteiger partial charge >= 0.3 is 19.5 Å². The Morgan fingerprint density at radius 3 is 1.67 bits per heavy atom. The second-order valence-corrected chi connectivity index (χ2v) is 1.78. The number of hydrogen-bond donors (Lipinski definition) is 0. The van der Waals surface area contributed by atoms with E-state index in [4.69, 9.17) is 12.6 Å². The summed E-state index contributed by atoms with van der Waals surface area (Å²) >= 11 is 4.81. The molecule has 0 heterocycles. The van der Waals surface area contributed by atoms with Crippen LogP contribution in [0.3, 0.4) is 0 Å². The van der Waals surface area contributed by atoms with E-state index in [9.17, 15) is 0 Å². The molecule has 1 aromatic rings. The maximum absolute atomic E-state index is 4.81. The van der Waals surface area contributed by atoms with E-state index in [1.807, 2.05) is 30.3 Å². The van der Waals surface area contributed by atoms with Gasteiger partial charge in [0.1, 0.15) is 0 Å². The molecule has 0 amide bonds. The van der Waals surface area contributed by atoms with Gasteiger partial charge in [-0.15, -0.1) is 0 Å². The number of benzene rings is 1. The summed E-state index contributed by atoms with van der Waals surface area (Å²) in [7, 11) is 0. The summed E-state index contributed by atoms with van der Waals surface area (Å²) < 4.78 is 0. The van der Waals surface area contributed by atoms with Gasteiger partial charge < -0.3 is 29.6 Å². The van der Waals surface area contributed by atoms with Crippen LogP contribution in [0, 0.1) is 0 Å². The van der Waals surface area contributed by atoms with Crippen molar-refractivity contribution in [2.45, 2.75) is 4.90 Å². The predicted molar refractivity (Wildman–Crippen MR) is 32.1 cm³/mol. The van der Waals surface area contributed by atoms with Crippen molar-refractivity contribution in [3.8, 4) is 0 Å². The van der Waals surface area contributed by atoms with E-state index in [2.05, 4.69) is 0 Å². The van der Waals surface area contributed by atoms with Gasteiger partial charge in [-0.1, -0.05) is 30.3 Å². The standard InChI is InChI=1S/C6H6S.BrH.Zn/c7-6-4-2-1-3-5-6;;/h1-5,7H;1H;/q;;+2/p-2. The molecule has 0 radical (unpaired) electrons. The van der Waals surface area contributed by atoms with Crippen LogP contribution in [0.15, 0.2) is 35.2 Å². The molecule has 1 rings (SSSR count). The Hall–Kier alpha value is 0.543. The molecule has 0 spiro atoms. The number of hydrogen-bond acceptors (Lipinski definition) is 1. The Kier molecular flexibility index (Phi) is 9.06. The van der Waals surface area contributed by atoms with Crippen LogP contribution in [0.4, 0.5) is 0 Å². The molecular formula is C6H5BrSZn. The third-order valence-corrected chi connectivity index (χ3v) is 1.02. The maximum atomic E-state index is 4.81. The smallest absolute Gasteiger partial charge is 1.00 e. The second-order valence-electron chi connectivity index (χ2n) is 1.31. The summed E-state index contributed by atoms with van der Waals surface area (Å²) in [6.45, 7) is 0. The van der Waals surface area contributed by atoms with Crippen molar-refractivity contribution in [3.63, 3.8) is 0 Å². The predicted octanol–water partition coefficient (Wildman–Crippen LogP) is -1.41. The Labute approximate surface area is 84.0 Å². The molecular weight excluding hydrogens is 249 g/mol. The van der Waals surface area contributed by atoms with Crippen molar-refractivity contribution < 1.29 is 36.5 Å². The van der Waals surface area contributed by atoms with Gasteiger partial charge in [-0.05, 0) is 0 Å². The normalized spacial score (nSPS) is 6.67. The summed E-state index contributed by atoms with van der Waals surface area (Å²) in [5, 5.41) is 0. The van der Waals surface area contributed by atoms with Crippen molar-refractivity contribution in [2.75, 3.05) is 0 Å². The summed E-state index contributed by atoms with van der Waals surface area (Å²) in [5.41, 5.74) is 0. The first-order valence-electron chi connectivity index (χ1n) is 2.11. The van der Waals surface area contributed by atoms with Crippen LogP contribution in [0.1, 0.15) is 0 Å². The number of rotatable bonds is 0. The fourth-order valence-corrected chi connectivity index (χ4v) is 0.578. The van der Waals surface area contributed by atoms with Gasteiger partial charge in [-0.25, -0.2) is 0 Å². The van der Waals surface area contributed by atoms with E-state index >= 15 is 0 Å². The molecule has 3 heteroatoms. The molecule has 0 nitrogen and oxygen atoms in total. The third kappa shape index (κ3) is 5.01. The molecule has 9 heavy (non-hydrogen) atoms. The van der Waals surface area contributed by atoms with E-state index in [0.717, 1.165) is 4.90 Å². The van der Waals surface area contributed by atoms with Crippen molar-refractivity contribution in [1.29, 1.82) is 0 Å². The van der Waals surface area contributed by atoms with Crippen LogP contribution in [0.5, 0.6) is 0 Å². The Morgan fingerprint density at radius 1 is 1.00 bits per heavy atom. The Balaban J connectivity index is 0. The average Bonchev–Trinajstić information content (AvgIpc) is 1.69. The topological polar surface area (TPSA) is 0 Å². The minimum absolute atomic E-state index is 0. The van der Waals surface area contributed by atoms with Crippen molar-refractivity contribution >= 4 is 12.6 Å². The monoisotopic (exact) mass is 252 g/mol. The Bertz CT molecular complexity index is 143. The average molecular weight is 254 g/mol. The summed E-state index contributed by atoms with van der Waals surface area (Å²) in [4.78, 5) is 0.905. The fraction of sp³-hybridized carbons (Fsp3) is 0. The number of halogens is 1. The zero-order chi connectivity index (χ0) is 5.11. The van der Waals surface area contributed by atoms with E-state index < -0.39 is 0 Å². The molecule has 0 saturated carbocycles. The molecule has 0 aliphatic carbocycles. The summed E-state index contributed by atoms with van der Waals surface area (Å²) in [6.07, 6.45) is 0. The molecule has 0 aliphatic heterocycles. The van der Waals surface area contributed by atoms with E-state index in [0.29, 0.717) is 0 Å². The van der Waals surface area contributed by atoms with Gasteiger partial charge in [-0.2, -0.15) is 4.90 Å². The molecule has 0 fully saturated rings. The molecule has 0 saturated heterocycles. The molecule has 0 atom stereocenters. The van der Waals surface area contributed by atoms with Crippen molar-refractivity contribution in [2.24, 2.45) is 0 Å². The van der Waals surface area contributed by atoms with Crippen LogP contribution in [-0.4, -0.2) is 0 Å². The molecule has 0 aliphatic rings. The minimum Gasteiger partial charge on any atom is -1.00 e. The van der Waals surface area contributed by atoms with E-state index in [1.165, 1.54) is 0 Å². The van der Waals surface area contributed by atoms with Crippen LogP contribution in [0.25, 0.3) is 0 Å². The zero-order valence-corrected chi connectivity index (χ0v) is 10.2. The van der Waals surface area contributed by atoms with Gasteiger partial charge in [0, 0.05) is 0 Å². The SMILES string of the molecule is [Br-].[S-]c1ccccc1.[Zn+2]. The van der Waals surface area contributed by atoms with Crippen LogP contribution < -0.4 is 17.0 Å². The van der Waals surface area contributed by atoms with Gasteiger partial charge in [0.15, 0.2) is 0 Å². The van der Waals surface area contributed by atoms with Gasteiger partial charge in [0.2, 0.25) is 0 Å². The molecule has 0 N–H and O–H groups in total. The van der Waals surface area contributed by atoms with Crippen molar-refractivity contribution in [3.05, 3.63) is 30.3 Å². The van der Waals surface area contributed by atoms with E-state index in [-0.39, 0.29) is 36.5 Å². The first-order chi connectivity index (χ1) is 3.39. The van der Waals surface area contributed by atoms with Crippen LogP contribution in [0.2, 0.25) is 0 Å². The quantitative estimate of drug-likeness (QED) is 0.405. The van der Waals surface area contributed by atoms with Gasteiger partial charge in [0.05, 0.1) is 0 Å². The second kappa shape index (κ2) is 6.66. The third-order valence-electron chi connectivity index (χ3n) is 0.743. The van der Waals surface area contributed by atoms with Gasteiger partial charge in [-0.3, -0.25) is 0 Å². The first kappa shape index (κ1) is 12.2. The van der Waals surface area contributed by atoms with Gasteiger partial charge in [0.25, 0.3) is 0 Å². The molecule has 44 valence electrons. The maximum Gasteiger partial charge on any atom is 2.00 e. The largest absolute Gasteiger partial charge is 2.00 e. The van der Waals surface area contributed by atoms with Crippen LogP contribution in [-0.2, 0) is 32.1 Å². The molecule has 0 unspecified atom stereocenters.